The van der Waals surface area contributed by atoms with Crippen molar-refractivity contribution in [3.05, 3.63) is 48.0 Å². The van der Waals surface area contributed by atoms with Crippen molar-refractivity contribution in [3.8, 4) is 23.0 Å². The van der Waals surface area contributed by atoms with Crippen LogP contribution in [0.25, 0.3) is 0 Å². The summed E-state index contributed by atoms with van der Waals surface area (Å²) in [5.74, 6) is 2.01. The Morgan fingerprint density at radius 1 is 0.947 bits per heavy atom. The monoisotopic (exact) mass is 260 g/mol. The minimum Gasteiger partial charge on any atom is -0.508 e. The molecule has 0 fully saturated rings. The van der Waals surface area contributed by atoms with Crippen molar-refractivity contribution in [1.82, 2.24) is 0 Å². The van der Waals surface area contributed by atoms with Gasteiger partial charge < -0.3 is 19.3 Å². The van der Waals surface area contributed by atoms with E-state index in [1.807, 2.05) is 24.3 Å². The van der Waals surface area contributed by atoms with Crippen molar-refractivity contribution in [2.75, 3.05) is 14.2 Å². The fourth-order valence-electron chi connectivity index (χ4n) is 1.70. The van der Waals surface area contributed by atoms with Gasteiger partial charge in [-0.25, -0.2) is 0 Å². The Bertz CT molecular complexity index is 552. The van der Waals surface area contributed by atoms with Gasteiger partial charge in [0.05, 0.1) is 14.2 Å². The lowest BCUT2D eigenvalue weighted by Crippen LogP contribution is -1.98. The molecule has 100 valence electrons. The first-order valence-corrected chi connectivity index (χ1v) is 5.85. The van der Waals surface area contributed by atoms with Crippen molar-refractivity contribution >= 4 is 0 Å². The molecule has 1 N–H and O–H groups in total. The van der Waals surface area contributed by atoms with Gasteiger partial charge in [-0.15, -0.1) is 0 Å². The van der Waals surface area contributed by atoms with E-state index in [9.17, 15) is 5.11 Å². The van der Waals surface area contributed by atoms with Crippen LogP contribution in [0.2, 0.25) is 0 Å². The Labute approximate surface area is 112 Å². The predicted molar refractivity (Wildman–Crippen MR) is 72.0 cm³/mol. The standard InChI is InChI=1S/C15H16O4/c1-17-13-5-3-4-11(8-13)10-19-15-9-12(16)6-7-14(15)18-2/h3-9,16H,10H2,1-2H3. The molecule has 0 unspecified atom stereocenters. The minimum absolute atomic E-state index is 0.140. The molecular weight excluding hydrogens is 244 g/mol. The summed E-state index contributed by atoms with van der Waals surface area (Å²) in [5, 5.41) is 9.46. The van der Waals surface area contributed by atoms with Crippen molar-refractivity contribution in [1.29, 1.82) is 0 Å². The lowest BCUT2D eigenvalue weighted by atomic mass is 10.2. The van der Waals surface area contributed by atoms with Crippen molar-refractivity contribution in [3.63, 3.8) is 0 Å². The van der Waals surface area contributed by atoms with Crippen LogP contribution in [-0.2, 0) is 6.61 Å². The zero-order valence-electron chi connectivity index (χ0n) is 10.9. The average Bonchev–Trinajstić information content (AvgIpc) is 2.45. The first-order chi connectivity index (χ1) is 9.22. The highest BCUT2D eigenvalue weighted by Gasteiger charge is 2.06. The van der Waals surface area contributed by atoms with E-state index in [-0.39, 0.29) is 5.75 Å². The zero-order valence-corrected chi connectivity index (χ0v) is 10.9. The van der Waals surface area contributed by atoms with Crippen molar-refractivity contribution < 1.29 is 19.3 Å². The van der Waals surface area contributed by atoms with Crippen LogP contribution < -0.4 is 14.2 Å². The molecule has 0 heterocycles. The molecular formula is C15H16O4. The highest BCUT2D eigenvalue weighted by atomic mass is 16.5. The molecule has 0 spiro atoms. The van der Waals surface area contributed by atoms with Crippen LogP contribution in [0.15, 0.2) is 42.5 Å². The van der Waals surface area contributed by atoms with Gasteiger partial charge in [-0.05, 0) is 29.8 Å². The molecule has 0 aromatic heterocycles. The third-order valence-electron chi connectivity index (χ3n) is 2.68. The molecule has 2 aromatic rings. The summed E-state index contributed by atoms with van der Waals surface area (Å²) in [6.07, 6.45) is 0. The molecule has 0 amide bonds. The van der Waals surface area contributed by atoms with Gasteiger partial charge in [0, 0.05) is 6.07 Å². The van der Waals surface area contributed by atoms with Gasteiger partial charge in [0.25, 0.3) is 0 Å². The topological polar surface area (TPSA) is 47.9 Å². The number of methoxy groups -OCH3 is 2. The second kappa shape index (κ2) is 6.00. The Kier molecular flexibility index (Phi) is 4.13. The lowest BCUT2D eigenvalue weighted by Gasteiger charge is -2.11. The summed E-state index contributed by atoms with van der Waals surface area (Å²) in [5.41, 5.74) is 0.977. The van der Waals surface area contributed by atoms with Gasteiger partial charge in [0.2, 0.25) is 0 Å². The maximum atomic E-state index is 9.46. The highest BCUT2D eigenvalue weighted by Crippen LogP contribution is 2.31. The number of rotatable bonds is 5. The summed E-state index contributed by atoms with van der Waals surface area (Å²) in [6.45, 7) is 0.372. The van der Waals surface area contributed by atoms with Gasteiger partial charge in [-0.2, -0.15) is 0 Å². The van der Waals surface area contributed by atoms with Crippen LogP contribution in [0.3, 0.4) is 0 Å². The third kappa shape index (κ3) is 3.31. The third-order valence-corrected chi connectivity index (χ3v) is 2.68. The number of hydrogen-bond donors (Lipinski definition) is 1. The summed E-state index contributed by atoms with van der Waals surface area (Å²) in [4.78, 5) is 0. The number of phenols is 1. The molecule has 4 nitrogen and oxygen atoms in total. The minimum atomic E-state index is 0.140. The van der Waals surface area contributed by atoms with Crippen LogP contribution in [0.1, 0.15) is 5.56 Å². The SMILES string of the molecule is COc1cccc(COc2cc(O)ccc2OC)c1. The number of aromatic hydroxyl groups is 1. The molecule has 0 atom stereocenters. The van der Waals surface area contributed by atoms with Crippen LogP contribution in [-0.4, -0.2) is 19.3 Å². The van der Waals surface area contributed by atoms with Gasteiger partial charge in [0.15, 0.2) is 11.5 Å². The predicted octanol–water partition coefficient (Wildman–Crippen LogP) is 2.99. The summed E-state index contributed by atoms with van der Waals surface area (Å²) < 4.78 is 16.0. The fraction of sp³-hybridized carbons (Fsp3) is 0.200. The van der Waals surface area contributed by atoms with E-state index in [0.717, 1.165) is 11.3 Å². The summed E-state index contributed by atoms with van der Waals surface area (Å²) >= 11 is 0. The Hall–Kier alpha value is -2.36. The Balaban J connectivity index is 2.11. The Morgan fingerprint density at radius 3 is 2.53 bits per heavy atom. The molecule has 2 rings (SSSR count). The molecule has 0 saturated carbocycles. The maximum absolute atomic E-state index is 9.46. The van der Waals surface area contributed by atoms with Crippen LogP contribution in [0.5, 0.6) is 23.0 Å². The molecule has 0 radical (unpaired) electrons. The highest BCUT2D eigenvalue weighted by molar-refractivity contribution is 5.45. The second-order valence-electron chi connectivity index (χ2n) is 3.98. The molecule has 2 aromatic carbocycles. The van der Waals surface area contributed by atoms with Gasteiger partial charge in [0.1, 0.15) is 18.1 Å². The van der Waals surface area contributed by atoms with Gasteiger partial charge in [-0.3, -0.25) is 0 Å². The van der Waals surface area contributed by atoms with E-state index in [2.05, 4.69) is 0 Å². The van der Waals surface area contributed by atoms with Crippen LogP contribution in [0.4, 0.5) is 0 Å². The quantitative estimate of drug-likeness (QED) is 0.897. The van der Waals surface area contributed by atoms with Gasteiger partial charge in [-0.1, -0.05) is 12.1 Å². The Morgan fingerprint density at radius 2 is 1.79 bits per heavy atom. The van der Waals surface area contributed by atoms with Crippen LogP contribution in [0, 0.1) is 0 Å². The molecule has 0 bridgehead atoms. The largest absolute Gasteiger partial charge is 0.508 e. The van der Waals surface area contributed by atoms with E-state index < -0.39 is 0 Å². The fourth-order valence-corrected chi connectivity index (χ4v) is 1.70. The van der Waals surface area contributed by atoms with E-state index in [4.69, 9.17) is 14.2 Å². The van der Waals surface area contributed by atoms with Crippen molar-refractivity contribution in [2.24, 2.45) is 0 Å². The molecule has 0 aliphatic heterocycles. The smallest absolute Gasteiger partial charge is 0.165 e. The first-order valence-electron chi connectivity index (χ1n) is 5.85. The maximum Gasteiger partial charge on any atom is 0.165 e. The van der Waals surface area contributed by atoms with Crippen molar-refractivity contribution in [2.45, 2.75) is 6.61 Å². The normalized spacial score (nSPS) is 10.0. The second-order valence-corrected chi connectivity index (χ2v) is 3.98. The molecule has 0 saturated heterocycles. The molecule has 0 aliphatic carbocycles. The first kappa shape index (κ1) is 13.1. The van der Waals surface area contributed by atoms with E-state index in [1.165, 1.54) is 6.07 Å². The van der Waals surface area contributed by atoms with E-state index >= 15 is 0 Å². The number of benzene rings is 2. The lowest BCUT2D eigenvalue weighted by molar-refractivity contribution is 0.282. The number of hydrogen-bond acceptors (Lipinski definition) is 4. The van der Waals surface area contributed by atoms with E-state index in [0.29, 0.717) is 18.1 Å². The summed E-state index contributed by atoms with van der Waals surface area (Å²) in [6, 6.07) is 12.4. The van der Waals surface area contributed by atoms with Gasteiger partial charge >= 0.3 is 0 Å². The number of phenolic OH excluding ortho intramolecular Hbond substituents is 1. The summed E-state index contributed by atoms with van der Waals surface area (Å²) in [7, 11) is 3.18. The van der Waals surface area contributed by atoms with E-state index in [1.54, 1.807) is 26.4 Å². The molecule has 4 heteroatoms. The number of ether oxygens (including phenoxy) is 3. The van der Waals surface area contributed by atoms with Crippen LogP contribution >= 0.6 is 0 Å². The molecule has 0 aliphatic rings. The molecule has 19 heavy (non-hydrogen) atoms. The average molecular weight is 260 g/mol. The zero-order chi connectivity index (χ0) is 13.7.